The third-order valence-corrected chi connectivity index (χ3v) is 6.10. The Bertz CT molecular complexity index is 1100. The molecule has 3 aromatic rings. The lowest BCUT2D eigenvalue weighted by molar-refractivity contribution is -0.122. The van der Waals surface area contributed by atoms with Crippen LogP contribution in [0.2, 0.25) is 5.02 Å². The van der Waals surface area contributed by atoms with Gasteiger partial charge in [0.2, 0.25) is 5.91 Å². The Kier molecular flexibility index (Phi) is 5.65. The van der Waals surface area contributed by atoms with Gasteiger partial charge in [0, 0.05) is 11.6 Å². The molecule has 1 aromatic heterocycles. The quantitative estimate of drug-likeness (QED) is 0.546. The number of benzene rings is 2. The van der Waals surface area contributed by atoms with Crippen LogP contribution in [-0.4, -0.2) is 28.7 Å². The maximum atomic E-state index is 13.3. The Balaban J connectivity index is 1.69. The fraction of sp³-hybridized carbons (Fsp3) is 0.136. The van der Waals surface area contributed by atoms with Crippen LogP contribution in [-0.2, 0) is 16.1 Å². The Labute approximate surface area is 181 Å². The average Bonchev–Trinajstić information content (AvgIpc) is 3.36. The molecule has 1 aliphatic rings. The minimum Gasteiger partial charge on any atom is -0.321 e. The van der Waals surface area contributed by atoms with Gasteiger partial charge in [-0.3, -0.25) is 14.4 Å². The molecule has 8 heteroatoms. The second-order valence-electron chi connectivity index (χ2n) is 6.77. The molecule has 0 aliphatic carbocycles. The van der Waals surface area contributed by atoms with Crippen molar-refractivity contribution in [1.29, 1.82) is 0 Å². The van der Waals surface area contributed by atoms with E-state index in [4.69, 9.17) is 11.6 Å². The zero-order valence-corrected chi connectivity index (χ0v) is 17.2. The van der Waals surface area contributed by atoms with Crippen molar-refractivity contribution in [2.75, 3.05) is 4.90 Å². The van der Waals surface area contributed by atoms with E-state index in [1.807, 2.05) is 0 Å². The number of amides is 3. The number of halogens is 2. The SMILES string of the molecule is O=C1CC(N(Cc2ccccc2Cl)C(=O)c2cccs2)C(=O)N1c1ccc(F)cc1. The molecule has 2 aromatic carbocycles. The van der Waals surface area contributed by atoms with E-state index in [1.54, 1.807) is 41.8 Å². The standard InChI is InChI=1S/C22H16ClFN2O3S/c23-17-5-2-1-4-14(17)13-25(22(29)19-6-3-11-30-19)18-12-20(27)26(21(18)28)16-9-7-15(24)8-10-16/h1-11,18H,12-13H2. The number of anilines is 1. The first-order valence-electron chi connectivity index (χ1n) is 9.16. The first-order chi connectivity index (χ1) is 14.5. The first-order valence-corrected chi connectivity index (χ1v) is 10.4. The maximum Gasteiger partial charge on any atom is 0.264 e. The lowest BCUT2D eigenvalue weighted by Crippen LogP contribution is -2.45. The molecule has 4 rings (SSSR count). The van der Waals surface area contributed by atoms with Crippen LogP contribution in [0.15, 0.2) is 66.0 Å². The van der Waals surface area contributed by atoms with Gasteiger partial charge in [0.1, 0.15) is 11.9 Å². The van der Waals surface area contributed by atoms with E-state index < -0.39 is 23.7 Å². The van der Waals surface area contributed by atoms with Crippen molar-refractivity contribution in [3.05, 3.63) is 87.3 Å². The van der Waals surface area contributed by atoms with Crippen LogP contribution in [0.3, 0.4) is 0 Å². The van der Waals surface area contributed by atoms with Crippen molar-refractivity contribution < 1.29 is 18.8 Å². The molecule has 0 radical (unpaired) electrons. The summed E-state index contributed by atoms with van der Waals surface area (Å²) in [4.78, 5) is 41.9. The molecular weight excluding hydrogens is 427 g/mol. The summed E-state index contributed by atoms with van der Waals surface area (Å²) in [5.41, 5.74) is 0.944. The summed E-state index contributed by atoms with van der Waals surface area (Å²) >= 11 is 7.53. The maximum absolute atomic E-state index is 13.3. The number of carbonyl (C=O) groups excluding carboxylic acids is 3. The summed E-state index contributed by atoms with van der Waals surface area (Å²) in [5.74, 6) is -1.79. The van der Waals surface area contributed by atoms with Gasteiger partial charge in [0.05, 0.1) is 17.0 Å². The smallest absolute Gasteiger partial charge is 0.264 e. The summed E-state index contributed by atoms with van der Waals surface area (Å²) < 4.78 is 13.3. The predicted molar refractivity (Wildman–Crippen MR) is 113 cm³/mol. The van der Waals surface area contributed by atoms with Crippen molar-refractivity contribution in [2.45, 2.75) is 19.0 Å². The van der Waals surface area contributed by atoms with Crippen LogP contribution in [0.4, 0.5) is 10.1 Å². The van der Waals surface area contributed by atoms with Crippen LogP contribution < -0.4 is 4.90 Å². The number of hydrogen-bond acceptors (Lipinski definition) is 4. The fourth-order valence-electron chi connectivity index (χ4n) is 3.40. The van der Waals surface area contributed by atoms with Gasteiger partial charge in [-0.1, -0.05) is 35.9 Å². The van der Waals surface area contributed by atoms with Crippen LogP contribution in [0.5, 0.6) is 0 Å². The van der Waals surface area contributed by atoms with Crippen LogP contribution >= 0.6 is 22.9 Å². The van der Waals surface area contributed by atoms with Crippen molar-refractivity contribution in [2.24, 2.45) is 0 Å². The van der Waals surface area contributed by atoms with Gasteiger partial charge >= 0.3 is 0 Å². The molecule has 1 aliphatic heterocycles. The van der Waals surface area contributed by atoms with E-state index in [2.05, 4.69) is 0 Å². The summed E-state index contributed by atoms with van der Waals surface area (Å²) in [5, 5.41) is 2.24. The van der Waals surface area contributed by atoms with Gasteiger partial charge in [-0.2, -0.15) is 0 Å². The summed E-state index contributed by atoms with van der Waals surface area (Å²) in [6, 6.07) is 14.6. The van der Waals surface area contributed by atoms with Crippen molar-refractivity contribution in [3.8, 4) is 0 Å². The van der Waals surface area contributed by atoms with E-state index in [9.17, 15) is 18.8 Å². The van der Waals surface area contributed by atoms with E-state index in [1.165, 1.54) is 40.5 Å². The summed E-state index contributed by atoms with van der Waals surface area (Å²) in [7, 11) is 0. The zero-order chi connectivity index (χ0) is 21.3. The topological polar surface area (TPSA) is 57.7 Å². The lowest BCUT2D eigenvalue weighted by Gasteiger charge is -2.27. The van der Waals surface area contributed by atoms with Crippen LogP contribution in [0, 0.1) is 5.82 Å². The van der Waals surface area contributed by atoms with Crippen molar-refractivity contribution in [3.63, 3.8) is 0 Å². The molecule has 0 spiro atoms. The van der Waals surface area contributed by atoms with Gasteiger partial charge in [-0.15, -0.1) is 11.3 Å². The number of rotatable bonds is 5. The van der Waals surface area contributed by atoms with Crippen molar-refractivity contribution in [1.82, 2.24) is 4.90 Å². The largest absolute Gasteiger partial charge is 0.321 e. The Morgan fingerprint density at radius 1 is 1.10 bits per heavy atom. The molecule has 3 amide bonds. The Morgan fingerprint density at radius 2 is 1.83 bits per heavy atom. The molecule has 5 nitrogen and oxygen atoms in total. The minimum absolute atomic E-state index is 0.0807. The highest BCUT2D eigenvalue weighted by molar-refractivity contribution is 7.12. The van der Waals surface area contributed by atoms with E-state index in [-0.39, 0.29) is 24.6 Å². The summed E-state index contributed by atoms with van der Waals surface area (Å²) in [6.45, 7) is 0.0807. The van der Waals surface area contributed by atoms with E-state index >= 15 is 0 Å². The summed E-state index contributed by atoms with van der Waals surface area (Å²) in [6.07, 6.45) is -0.155. The zero-order valence-electron chi connectivity index (χ0n) is 15.6. The highest BCUT2D eigenvalue weighted by atomic mass is 35.5. The Hall–Kier alpha value is -3.03. The third kappa shape index (κ3) is 3.86. The first kappa shape index (κ1) is 20.3. The normalized spacial score (nSPS) is 16.2. The molecular formula is C22H16ClFN2O3S. The molecule has 152 valence electrons. The molecule has 1 atom stereocenters. The number of thiophene rings is 1. The van der Waals surface area contributed by atoms with Crippen LogP contribution in [0.25, 0.3) is 0 Å². The van der Waals surface area contributed by atoms with E-state index in [0.717, 1.165) is 4.90 Å². The average molecular weight is 443 g/mol. The molecule has 0 bridgehead atoms. The molecule has 1 unspecified atom stereocenters. The number of nitrogens with zero attached hydrogens (tertiary/aromatic N) is 2. The van der Waals surface area contributed by atoms with E-state index in [0.29, 0.717) is 15.5 Å². The van der Waals surface area contributed by atoms with Gasteiger partial charge < -0.3 is 4.90 Å². The number of carbonyl (C=O) groups is 3. The molecule has 0 saturated carbocycles. The highest BCUT2D eigenvalue weighted by Crippen LogP contribution is 2.29. The third-order valence-electron chi connectivity index (χ3n) is 4.88. The monoisotopic (exact) mass is 442 g/mol. The minimum atomic E-state index is -0.978. The second kappa shape index (κ2) is 8.38. The molecule has 1 fully saturated rings. The molecule has 30 heavy (non-hydrogen) atoms. The number of imide groups is 1. The molecule has 2 heterocycles. The molecule has 1 saturated heterocycles. The van der Waals surface area contributed by atoms with Gasteiger partial charge in [-0.25, -0.2) is 9.29 Å². The molecule has 0 N–H and O–H groups in total. The Morgan fingerprint density at radius 3 is 2.50 bits per heavy atom. The second-order valence-corrected chi connectivity index (χ2v) is 8.12. The van der Waals surface area contributed by atoms with Gasteiger partial charge in [-0.05, 0) is 47.3 Å². The van der Waals surface area contributed by atoms with Crippen LogP contribution in [0.1, 0.15) is 21.7 Å². The lowest BCUT2D eigenvalue weighted by atomic mass is 10.1. The number of hydrogen-bond donors (Lipinski definition) is 0. The predicted octanol–water partition coefficient (Wildman–Crippen LogP) is 4.52. The fourth-order valence-corrected chi connectivity index (χ4v) is 4.27. The van der Waals surface area contributed by atoms with Crippen molar-refractivity contribution >= 4 is 46.3 Å². The highest BCUT2D eigenvalue weighted by Gasteiger charge is 2.44. The van der Waals surface area contributed by atoms with Gasteiger partial charge in [0.15, 0.2) is 0 Å². The van der Waals surface area contributed by atoms with Gasteiger partial charge in [0.25, 0.3) is 11.8 Å².